The summed E-state index contributed by atoms with van der Waals surface area (Å²) in [6.07, 6.45) is 1.65. The number of piperidine rings is 1. The summed E-state index contributed by atoms with van der Waals surface area (Å²) in [5.74, 6) is -2.03. The van der Waals surface area contributed by atoms with Crippen molar-refractivity contribution in [1.29, 1.82) is 0 Å². The van der Waals surface area contributed by atoms with Crippen molar-refractivity contribution in [3.8, 4) is 28.5 Å². The third-order valence-corrected chi connectivity index (χ3v) is 9.69. The van der Waals surface area contributed by atoms with Crippen LogP contribution in [-0.2, 0) is 15.7 Å². The molecule has 0 radical (unpaired) electrons. The highest BCUT2D eigenvalue weighted by Crippen LogP contribution is 2.42. The van der Waals surface area contributed by atoms with Crippen LogP contribution in [0.3, 0.4) is 0 Å². The molecule has 4 heterocycles. The average molecular weight is 685 g/mol. The van der Waals surface area contributed by atoms with E-state index in [0.717, 1.165) is 31.7 Å². The van der Waals surface area contributed by atoms with Gasteiger partial charge in [-0.05, 0) is 62.9 Å². The summed E-state index contributed by atoms with van der Waals surface area (Å²) >= 11 is 0. The van der Waals surface area contributed by atoms with E-state index in [-0.39, 0.29) is 40.3 Å². The Morgan fingerprint density at radius 1 is 1.14 bits per heavy atom. The van der Waals surface area contributed by atoms with Crippen LogP contribution < -0.4 is 14.5 Å². The number of aliphatic carboxylic acids is 1. The minimum atomic E-state index is -4.71. The lowest BCUT2D eigenvalue weighted by atomic mass is 9.86. The highest BCUT2D eigenvalue weighted by molar-refractivity contribution is 5.91. The molecule has 10 nitrogen and oxygen atoms in total. The van der Waals surface area contributed by atoms with Gasteiger partial charge in [0, 0.05) is 56.7 Å². The van der Waals surface area contributed by atoms with E-state index in [1.807, 2.05) is 16.8 Å². The lowest BCUT2D eigenvalue weighted by Crippen LogP contribution is -2.37. The molecule has 0 unspecified atom stereocenters. The van der Waals surface area contributed by atoms with E-state index >= 15 is 4.39 Å². The number of nitrogens with one attached hydrogen (secondary N) is 1. The number of hydrogen-bond acceptors (Lipinski definition) is 8. The number of halogens is 4. The van der Waals surface area contributed by atoms with Crippen LogP contribution in [0, 0.1) is 17.2 Å². The Bertz CT molecular complexity index is 1820. The summed E-state index contributed by atoms with van der Waals surface area (Å²) in [6.45, 7) is 3.80. The largest absolute Gasteiger partial charge is 0.481 e. The number of nitrogens with zero attached hydrogens (tertiary/aromatic N) is 5. The van der Waals surface area contributed by atoms with E-state index in [4.69, 9.17) is 9.47 Å². The molecule has 2 N–H and O–H groups in total. The van der Waals surface area contributed by atoms with Crippen molar-refractivity contribution in [1.82, 2.24) is 19.9 Å². The first kappa shape index (κ1) is 34.4. The number of carbonyl (C=O) groups is 1. The maximum atomic E-state index is 15.7. The Kier molecular flexibility index (Phi) is 9.70. The molecule has 1 aliphatic carbocycles. The predicted octanol–water partition coefficient (Wildman–Crippen LogP) is 7.19. The zero-order chi connectivity index (χ0) is 34.9. The van der Waals surface area contributed by atoms with Crippen molar-refractivity contribution in [2.75, 3.05) is 56.8 Å². The van der Waals surface area contributed by atoms with Gasteiger partial charge >= 0.3 is 12.1 Å². The zero-order valence-corrected chi connectivity index (χ0v) is 27.7. The Hall–Kier alpha value is -4.46. The number of carboxylic acids is 1. The summed E-state index contributed by atoms with van der Waals surface area (Å²) in [5.41, 5.74) is 1.45. The second kappa shape index (κ2) is 13.8. The van der Waals surface area contributed by atoms with Crippen LogP contribution in [0.25, 0.3) is 33.8 Å². The number of fused-ring (bicyclic) bond motifs is 1. The fourth-order valence-corrected chi connectivity index (χ4v) is 7.24. The van der Waals surface area contributed by atoms with Crippen LogP contribution in [0.1, 0.15) is 51.0 Å². The molecule has 14 heteroatoms. The van der Waals surface area contributed by atoms with Crippen LogP contribution in [0.5, 0.6) is 5.88 Å². The molecule has 6 rings (SSSR count). The second-order valence-electron chi connectivity index (χ2n) is 13.1. The number of aromatic amines is 1. The summed E-state index contributed by atoms with van der Waals surface area (Å²) in [6, 6.07) is 7.49. The van der Waals surface area contributed by atoms with Crippen LogP contribution >= 0.6 is 0 Å². The van der Waals surface area contributed by atoms with Crippen molar-refractivity contribution < 1.29 is 36.9 Å². The summed E-state index contributed by atoms with van der Waals surface area (Å²) < 4.78 is 68.7. The van der Waals surface area contributed by atoms with Gasteiger partial charge in [0.15, 0.2) is 5.65 Å². The van der Waals surface area contributed by atoms with Crippen LogP contribution in [0.2, 0.25) is 0 Å². The number of rotatable bonds is 11. The first-order valence-corrected chi connectivity index (χ1v) is 16.5. The standard InChI is InChI=1S/C35H40F4N6O4/c1-4-49-32-25(35(37,38)39)15-22(18-40-32)27-17-28(44(2)19-34(20-48-3)11-5-6-12-34)29-31(41-27)43-30(42-29)24-8-7-23(16-26(24)36)45-13-9-21(10-14-45)33(46)47/h7-8,15-18,21H,4-6,9-14,19-20H2,1-3H3,(H,46,47)(H,41,42,43). The molecule has 0 spiro atoms. The van der Waals surface area contributed by atoms with Gasteiger partial charge in [-0.2, -0.15) is 13.2 Å². The second-order valence-corrected chi connectivity index (χ2v) is 13.1. The minimum Gasteiger partial charge on any atom is -0.481 e. The van der Waals surface area contributed by atoms with Crippen LogP contribution in [0.15, 0.2) is 36.5 Å². The number of imidazole rings is 1. The summed E-state index contributed by atoms with van der Waals surface area (Å²) in [7, 11) is 3.59. The monoisotopic (exact) mass is 684 g/mol. The van der Waals surface area contributed by atoms with Crippen molar-refractivity contribution >= 4 is 28.5 Å². The number of methoxy groups -OCH3 is 1. The molecule has 0 atom stereocenters. The molecule has 4 aromatic rings. The molecule has 1 saturated carbocycles. The molecule has 262 valence electrons. The van der Waals surface area contributed by atoms with Crippen molar-refractivity contribution in [3.05, 3.63) is 47.9 Å². The number of anilines is 2. The molecule has 0 bridgehead atoms. The number of ether oxygens (including phenoxy) is 2. The molecule has 1 saturated heterocycles. The molecule has 1 aliphatic heterocycles. The Labute approximate surface area is 281 Å². The first-order chi connectivity index (χ1) is 23.4. The maximum absolute atomic E-state index is 15.7. The van der Waals surface area contributed by atoms with Crippen molar-refractivity contribution in [2.45, 2.75) is 51.6 Å². The van der Waals surface area contributed by atoms with Gasteiger partial charge in [0.1, 0.15) is 22.7 Å². The predicted molar refractivity (Wildman–Crippen MR) is 177 cm³/mol. The van der Waals surface area contributed by atoms with Gasteiger partial charge in [0.05, 0.1) is 36.1 Å². The minimum absolute atomic E-state index is 0.0224. The maximum Gasteiger partial charge on any atom is 0.421 e. The quantitative estimate of drug-likeness (QED) is 0.158. The van der Waals surface area contributed by atoms with Gasteiger partial charge in [0.2, 0.25) is 5.88 Å². The molecule has 2 fully saturated rings. The molecule has 3 aromatic heterocycles. The molecule has 2 aliphatic rings. The fourth-order valence-electron chi connectivity index (χ4n) is 7.24. The Morgan fingerprint density at radius 2 is 1.88 bits per heavy atom. The number of carboxylic acid groups (broad SMARTS) is 1. The lowest BCUT2D eigenvalue weighted by molar-refractivity contribution is -0.142. The summed E-state index contributed by atoms with van der Waals surface area (Å²) in [5, 5.41) is 9.32. The average Bonchev–Trinajstić information content (AvgIpc) is 3.71. The van der Waals surface area contributed by atoms with Gasteiger partial charge < -0.3 is 29.4 Å². The van der Waals surface area contributed by atoms with Crippen molar-refractivity contribution in [3.63, 3.8) is 0 Å². The highest BCUT2D eigenvalue weighted by atomic mass is 19.4. The van der Waals surface area contributed by atoms with Gasteiger partial charge in [-0.25, -0.2) is 19.3 Å². The highest BCUT2D eigenvalue weighted by Gasteiger charge is 2.37. The number of hydrogen-bond donors (Lipinski definition) is 2. The van der Waals surface area contributed by atoms with Crippen LogP contribution in [0.4, 0.5) is 28.9 Å². The van der Waals surface area contributed by atoms with Gasteiger partial charge in [-0.15, -0.1) is 0 Å². The van der Waals surface area contributed by atoms with E-state index in [9.17, 15) is 23.1 Å². The van der Waals surface area contributed by atoms with E-state index in [1.165, 1.54) is 12.3 Å². The molecule has 49 heavy (non-hydrogen) atoms. The van der Waals surface area contributed by atoms with Gasteiger partial charge in [-0.1, -0.05) is 12.8 Å². The Morgan fingerprint density at radius 3 is 2.51 bits per heavy atom. The van der Waals surface area contributed by atoms with Gasteiger partial charge in [0.25, 0.3) is 0 Å². The van der Waals surface area contributed by atoms with Gasteiger partial charge in [-0.3, -0.25) is 4.79 Å². The third-order valence-electron chi connectivity index (χ3n) is 9.69. The number of pyridine rings is 2. The van der Waals surface area contributed by atoms with E-state index in [1.54, 1.807) is 32.2 Å². The van der Waals surface area contributed by atoms with Crippen molar-refractivity contribution in [2.24, 2.45) is 11.3 Å². The Balaban J connectivity index is 1.41. The number of benzene rings is 1. The van der Waals surface area contributed by atoms with Crippen LogP contribution in [-0.4, -0.2) is 78.0 Å². The zero-order valence-electron chi connectivity index (χ0n) is 27.7. The lowest BCUT2D eigenvalue weighted by Gasteiger charge is -2.34. The fraction of sp³-hybridized carbons (Fsp3) is 0.486. The SMILES string of the molecule is CCOc1ncc(-c2cc(N(C)CC3(COC)CCCC3)c3[nH]c(-c4ccc(N5CCC(C(=O)O)CC5)cc4F)nc3n2)cc1C(F)(F)F. The number of aromatic nitrogens is 4. The normalized spacial score (nSPS) is 16.8. The van der Waals surface area contributed by atoms with E-state index < -0.39 is 35.3 Å². The van der Waals surface area contributed by atoms with E-state index in [2.05, 4.69) is 19.9 Å². The molecular weight excluding hydrogens is 644 g/mol. The third kappa shape index (κ3) is 7.15. The number of H-pyrrole nitrogens is 1. The molecular formula is C35H40F4N6O4. The molecule has 1 aromatic carbocycles. The smallest absolute Gasteiger partial charge is 0.421 e. The summed E-state index contributed by atoms with van der Waals surface area (Å²) in [4.78, 5) is 31.9. The topological polar surface area (TPSA) is 117 Å². The van der Waals surface area contributed by atoms with E-state index in [0.29, 0.717) is 56.0 Å². The first-order valence-electron chi connectivity index (χ1n) is 16.5. The molecule has 0 amide bonds. The number of alkyl halides is 3.